The molecule has 0 aromatic heterocycles. The van der Waals surface area contributed by atoms with Crippen molar-refractivity contribution in [3.63, 3.8) is 0 Å². The highest BCUT2D eigenvalue weighted by Gasteiger charge is 2.00. The highest BCUT2D eigenvalue weighted by molar-refractivity contribution is 5.78. The van der Waals surface area contributed by atoms with Crippen molar-refractivity contribution >= 4 is 11.6 Å². The van der Waals surface area contributed by atoms with E-state index >= 15 is 0 Å². The maximum absolute atomic E-state index is 10.9. The fraction of sp³-hybridized carbons (Fsp3) is 0.417. The molecule has 0 aliphatic carbocycles. The van der Waals surface area contributed by atoms with Gasteiger partial charge in [-0.05, 0) is 62.1 Å². The summed E-state index contributed by atoms with van der Waals surface area (Å²) in [5, 5.41) is 9.01. The highest BCUT2D eigenvalue weighted by atomic mass is 16.7. The van der Waals surface area contributed by atoms with Crippen LogP contribution < -0.4 is 4.74 Å². The Balaban J connectivity index is 0.000000248. The van der Waals surface area contributed by atoms with Gasteiger partial charge in [0.05, 0.1) is 0 Å². The van der Waals surface area contributed by atoms with Crippen molar-refractivity contribution < 1.29 is 28.9 Å². The molecule has 0 spiro atoms. The topological polar surface area (TPSA) is 82.1 Å². The minimum Gasteiger partial charge on any atom is -0.508 e. The number of carbonyl (C=O) groups excluding carboxylic acids is 2. The van der Waals surface area contributed by atoms with Crippen LogP contribution in [0, 0.1) is 0 Å². The minimum atomic E-state index is 0.107. The zero-order valence-electron chi connectivity index (χ0n) is 18.1. The molecule has 0 radical (unpaired) electrons. The first kappa shape index (κ1) is 25.3. The fourth-order valence-corrected chi connectivity index (χ4v) is 2.62. The fourth-order valence-electron chi connectivity index (χ4n) is 2.62. The van der Waals surface area contributed by atoms with E-state index in [9.17, 15) is 9.59 Å². The Morgan fingerprint density at radius 1 is 0.933 bits per heavy atom. The number of hydrogen-bond donors (Lipinski definition) is 1. The van der Waals surface area contributed by atoms with Gasteiger partial charge in [-0.3, -0.25) is 9.59 Å². The number of ether oxygens (including phenoxy) is 3. The van der Waals surface area contributed by atoms with E-state index in [0.717, 1.165) is 30.1 Å². The van der Waals surface area contributed by atoms with Gasteiger partial charge in [0.2, 0.25) is 0 Å². The van der Waals surface area contributed by atoms with Crippen molar-refractivity contribution in [2.75, 3.05) is 27.1 Å². The molecule has 1 heterocycles. The Bertz CT molecular complexity index is 760. The van der Waals surface area contributed by atoms with Crippen LogP contribution in [0.3, 0.4) is 0 Å². The third kappa shape index (κ3) is 12.7. The summed E-state index contributed by atoms with van der Waals surface area (Å²) in [7, 11) is 1.57. The third-order valence-corrected chi connectivity index (χ3v) is 3.89. The number of phenols is 1. The van der Waals surface area contributed by atoms with E-state index in [4.69, 9.17) is 19.3 Å². The van der Waals surface area contributed by atoms with Crippen molar-refractivity contribution in [1.29, 1.82) is 0 Å². The average Bonchev–Trinajstić information content (AvgIpc) is 3.26. The molecule has 0 atom stereocenters. The first-order valence-electron chi connectivity index (χ1n) is 9.96. The number of methoxy groups -OCH3 is 1. The van der Waals surface area contributed by atoms with Gasteiger partial charge < -0.3 is 19.3 Å². The van der Waals surface area contributed by atoms with Gasteiger partial charge >= 0.3 is 0 Å². The molecule has 0 saturated carbocycles. The summed E-state index contributed by atoms with van der Waals surface area (Å²) in [6.45, 7) is 5.33. The lowest BCUT2D eigenvalue weighted by Gasteiger charge is -2.05. The van der Waals surface area contributed by atoms with Crippen LogP contribution in [0.25, 0.3) is 0 Å². The normalized spacial score (nSPS) is 12.1. The first-order chi connectivity index (χ1) is 14.4. The van der Waals surface area contributed by atoms with Crippen LogP contribution in [0.4, 0.5) is 0 Å². The van der Waals surface area contributed by atoms with Crippen LogP contribution in [0.5, 0.6) is 11.5 Å². The molecule has 0 bridgehead atoms. The molecule has 1 fully saturated rings. The largest absolute Gasteiger partial charge is 0.508 e. The van der Waals surface area contributed by atoms with Crippen LogP contribution in [0.15, 0.2) is 48.5 Å². The molecule has 2 aromatic rings. The van der Waals surface area contributed by atoms with E-state index in [1.165, 1.54) is 19.8 Å². The molecule has 164 valence electrons. The van der Waals surface area contributed by atoms with Gasteiger partial charge in [0, 0.05) is 33.2 Å². The Labute approximate surface area is 178 Å². The maximum Gasteiger partial charge on any atom is 0.188 e. The summed E-state index contributed by atoms with van der Waals surface area (Å²) in [5.74, 6) is 1.19. The molecule has 0 unspecified atom stereocenters. The number of phenolic OH excluding ortho intramolecular Hbond substituents is 1. The van der Waals surface area contributed by atoms with E-state index in [1.807, 2.05) is 30.3 Å². The molecule has 2 aromatic carbocycles. The average molecular weight is 417 g/mol. The number of ketones is 2. The second-order valence-electron chi connectivity index (χ2n) is 6.95. The maximum atomic E-state index is 10.9. The van der Waals surface area contributed by atoms with Crippen molar-refractivity contribution in [3.8, 4) is 11.5 Å². The summed E-state index contributed by atoms with van der Waals surface area (Å²) in [6.07, 6.45) is 3.40. The smallest absolute Gasteiger partial charge is 0.188 e. The Hall–Kier alpha value is -2.70. The Kier molecular flexibility index (Phi) is 12.8. The number of hydrogen-bond acceptors (Lipinski definition) is 6. The molecule has 1 N–H and O–H groups in total. The quantitative estimate of drug-likeness (QED) is 0.684. The number of Topliss-reactive ketones (excluding diaryl/α,β-unsaturated/α-hetero) is 2. The van der Waals surface area contributed by atoms with Crippen LogP contribution in [-0.4, -0.2) is 43.8 Å². The number of carbonyl (C=O) groups is 2. The van der Waals surface area contributed by atoms with Gasteiger partial charge in [0.15, 0.2) is 6.79 Å². The van der Waals surface area contributed by atoms with Crippen LogP contribution in [0.2, 0.25) is 0 Å². The molecule has 1 aliphatic heterocycles. The Morgan fingerprint density at radius 3 is 1.97 bits per heavy atom. The molecular weight excluding hydrogens is 384 g/mol. The first-order valence-corrected chi connectivity index (χ1v) is 9.96. The van der Waals surface area contributed by atoms with Crippen LogP contribution >= 0.6 is 0 Å². The summed E-state index contributed by atoms with van der Waals surface area (Å²) in [5.41, 5.74) is 1.82. The standard InChI is InChI=1S/C11H14O3.C9H10O2.C4H8O/c1-9(12)6-10-4-3-5-11(7-10)14-8-13-2;1-7(10)5-8-3-2-4-9(11)6-8;1-2-4-5-3-1/h3-5,7H,6,8H2,1-2H3;2-4,6,11H,5H2,1H3;1-4H2. The molecule has 1 aliphatic rings. The summed E-state index contributed by atoms with van der Waals surface area (Å²) in [4.78, 5) is 21.5. The van der Waals surface area contributed by atoms with Gasteiger partial charge in [-0.15, -0.1) is 0 Å². The minimum absolute atomic E-state index is 0.107. The molecule has 6 heteroatoms. The summed E-state index contributed by atoms with van der Waals surface area (Å²) < 4.78 is 15.0. The van der Waals surface area contributed by atoms with E-state index < -0.39 is 0 Å². The lowest BCUT2D eigenvalue weighted by Crippen LogP contribution is -2.00. The molecule has 30 heavy (non-hydrogen) atoms. The van der Waals surface area contributed by atoms with Gasteiger partial charge in [-0.1, -0.05) is 24.3 Å². The van der Waals surface area contributed by atoms with Crippen LogP contribution in [-0.2, 0) is 31.9 Å². The second kappa shape index (κ2) is 15.2. The molecule has 0 amide bonds. The monoisotopic (exact) mass is 416 g/mol. The van der Waals surface area contributed by atoms with Crippen molar-refractivity contribution in [3.05, 3.63) is 59.7 Å². The predicted octanol–water partition coefficient (Wildman–Crippen LogP) is 4.12. The molecule has 6 nitrogen and oxygen atoms in total. The van der Waals surface area contributed by atoms with Gasteiger partial charge in [0.1, 0.15) is 23.1 Å². The van der Waals surface area contributed by atoms with E-state index in [-0.39, 0.29) is 24.1 Å². The van der Waals surface area contributed by atoms with Crippen molar-refractivity contribution in [2.24, 2.45) is 0 Å². The summed E-state index contributed by atoms with van der Waals surface area (Å²) >= 11 is 0. The third-order valence-electron chi connectivity index (χ3n) is 3.89. The number of rotatable bonds is 7. The van der Waals surface area contributed by atoms with E-state index in [0.29, 0.717) is 12.8 Å². The molecule has 3 rings (SSSR count). The molecule has 1 saturated heterocycles. The Morgan fingerprint density at radius 2 is 1.50 bits per heavy atom. The number of aromatic hydroxyl groups is 1. The SMILES string of the molecule is C1CCOC1.CC(=O)Cc1cccc(O)c1.COCOc1cccc(CC(C)=O)c1. The lowest BCUT2D eigenvalue weighted by molar-refractivity contribution is -0.117. The van der Waals surface area contributed by atoms with E-state index in [2.05, 4.69) is 0 Å². The zero-order valence-corrected chi connectivity index (χ0v) is 18.1. The predicted molar refractivity (Wildman–Crippen MR) is 116 cm³/mol. The number of benzene rings is 2. The van der Waals surface area contributed by atoms with Gasteiger partial charge in [-0.2, -0.15) is 0 Å². The van der Waals surface area contributed by atoms with E-state index in [1.54, 1.807) is 32.2 Å². The zero-order chi connectivity index (χ0) is 22.2. The van der Waals surface area contributed by atoms with Crippen molar-refractivity contribution in [1.82, 2.24) is 0 Å². The molecular formula is C24H32O6. The highest BCUT2D eigenvalue weighted by Crippen LogP contribution is 2.14. The van der Waals surface area contributed by atoms with Gasteiger partial charge in [-0.25, -0.2) is 0 Å². The van der Waals surface area contributed by atoms with Crippen molar-refractivity contribution in [2.45, 2.75) is 39.5 Å². The van der Waals surface area contributed by atoms with Gasteiger partial charge in [0.25, 0.3) is 0 Å². The lowest BCUT2D eigenvalue weighted by atomic mass is 10.1. The summed E-state index contributed by atoms with van der Waals surface area (Å²) in [6, 6.07) is 14.2. The second-order valence-corrected chi connectivity index (χ2v) is 6.95. The van der Waals surface area contributed by atoms with Crippen LogP contribution in [0.1, 0.15) is 37.8 Å².